The zero-order valence-corrected chi connectivity index (χ0v) is 13.0. The molecule has 0 amide bonds. The second-order valence-electron chi connectivity index (χ2n) is 7.14. The molecule has 4 rings (SSSR count). The lowest BCUT2D eigenvalue weighted by Gasteiger charge is -2.45. The first-order valence-corrected chi connectivity index (χ1v) is 8.64. The smallest absolute Gasteiger partial charge is 0.137 e. The molecule has 2 aliphatic carbocycles. The Kier molecular flexibility index (Phi) is 3.27. The van der Waals surface area contributed by atoms with Gasteiger partial charge < -0.3 is 10.6 Å². The van der Waals surface area contributed by atoms with E-state index in [-0.39, 0.29) is 0 Å². The molecular formula is C17H26N4. The fraction of sp³-hybridized carbons (Fsp3) is 0.765. The molecule has 1 aromatic heterocycles. The van der Waals surface area contributed by atoms with E-state index in [4.69, 9.17) is 10.7 Å². The molecule has 114 valence electrons. The standard InChI is InChI=1S/C17H26N4/c1-11-15(18)19-16(13-8-9-13)20-17(11)21-10-4-6-12-5-2-3-7-14(12)21/h12-14H,2-10H2,1H3,(H2,18,19,20). The highest BCUT2D eigenvalue weighted by Gasteiger charge is 2.36. The van der Waals surface area contributed by atoms with Crippen molar-refractivity contribution in [3.63, 3.8) is 0 Å². The molecule has 1 saturated heterocycles. The van der Waals surface area contributed by atoms with Crippen molar-refractivity contribution in [1.29, 1.82) is 0 Å². The van der Waals surface area contributed by atoms with Crippen LogP contribution >= 0.6 is 0 Å². The quantitative estimate of drug-likeness (QED) is 0.905. The van der Waals surface area contributed by atoms with Gasteiger partial charge in [-0.25, -0.2) is 9.97 Å². The Labute approximate surface area is 127 Å². The van der Waals surface area contributed by atoms with E-state index < -0.39 is 0 Å². The summed E-state index contributed by atoms with van der Waals surface area (Å²) >= 11 is 0. The molecule has 2 saturated carbocycles. The number of fused-ring (bicyclic) bond motifs is 1. The lowest BCUT2D eigenvalue weighted by atomic mass is 9.78. The van der Waals surface area contributed by atoms with Gasteiger partial charge in [-0.15, -0.1) is 0 Å². The van der Waals surface area contributed by atoms with Crippen LogP contribution in [0.3, 0.4) is 0 Å². The van der Waals surface area contributed by atoms with Gasteiger partial charge in [0.1, 0.15) is 17.5 Å². The normalized spacial score (nSPS) is 29.3. The summed E-state index contributed by atoms with van der Waals surface area (Å²) in [5, 5.41) is 0. The molecular weight excluding hydrogens is 260 g/mol. The van der Waals surface area contributed by atoms with Crippen LogP contribution in [-0.4, -0.2) is 22.6 Å². The average Bonchev–Trinajstić information content (AvgIpc) is 3.34. The molecule has 3 fully saturated rings. The highest BCUT2D eigenvalue weighted by molar-refractivity contribution is 5.57. The van der Waals surface area contributed by atoms with E-state index in [2.05, 4.69) is 16.8 Å². The summed E-state index contributed by atoms with van der Waals surface area (Å²) < 4.78 is 0. The molecule has 4 nitrogen and oxygen atoms in total. The summed E-state index contributed by atoms with van der Waals surface area (Å²) in [7, 11) is 0. The van der Waals surface area contributed by atoms with Crippen LogP contribution in [0.4, 0.5) is 11.6 Å². The summed E-state index contributed by atoms with van der Waals surface area (Å²) in [5.74, 6) is 4.26. The van der Waals surface area contributed by atoms with Gasteiger partial charge in [-0.2, -0.15) is 0 Å². The molecule has 21 heavy (non-hydrogen) atoms. The predicted octanol–water partition coefficient (Wildman–Crippen LogP) is 3.40. The Hall–Kier alpha value is -1.32. The first-order chi connectivity index (χ1) is 10.2. The lowest BCUT2D eigenvalue weighted by molar-refractivity contribution is 0.242. The van der Waals surface area contributed by atoms with Crippen molar-refractivity contribution in [2.24, 2.45) is 5.92 Å². The van der Waals surface area contributed by atoms with Crippen molar-refractivity contribution in [3.8, 4) is 0 Å². The summed E-state index contributed by atoms with van der Waals surface area (Å²) in [5.41, 5.74) is 7.27. The second kappa shape index (κ2) is 5.15. The SMILES string of the molecule is Cc1c(N)nc(C2CC2)nc1N1CCCC2CCCCC21. The topological polar surface area (TPSA) is 55.0 Å². The number of hydrogen-bond acceptors (Lipinski definition) is 4. The molecule has 2 atom stereocenters. The van der Waals surface area contributed by atoms with Gasteiger partial charge >= 0.3 is 0 Å². The van der Waals surface area contributed by atoms with E-state index in [9.17, 15) is 0 Å². The zero-order valence-electron chi connectivity index (χ0n) is 13.0. The minimum Gasteiger partial charge on any atom is -0.383 e. The molecule has 1 aliphatic heterocycles. The van der Waals surface area contributed by atoms with Crippen LogP contribution in [0.5, 0.6) is 0 Å². The molecule has 4 heteroatoms. The summed E-state index contributed by atoms with van der Waals surface area (Å²) in [6, 6.07) is 0.688. The van der Waals surface area contributed by atoms with E-state index in [1.807, 2.05) is 0 Å². The molecule has 2 N–H and O–H groups in total. The number of anilines is 2. The van der Waals surface area contributed by atoms with Crippen LogP contribution in [0.25, 0.3) is 0 Å². The van der Waals surface area contributed by atoms with Crippen LogP contribution in [0.1, 0.15) is 68.7 Å². The summed E-state index contributed by atoms with van der Waals surface area (Å²) in [6.45, 7) is 3.23. The van der Waals surface area contributed by atoms with E-state index in [0.717, 1.165) is 29.7 Å². The van der Waals surface area contributed by atoms with E-state index in [1.165, 1.54) is 51.4 Å². The maximum Gasteiger partial charge on any atom is 0.137 e. The fourth-order valence-electron chi connectivity index (χ4n) is 4.23. The predicted molar refractivity (Wildman–Crippen MR) is 85.5 cm³/mol. The number of nitrogens with zero attached hydrogens (tertiary/aromatic N) is 3. The van der Waals surface area contributed by atoms with Crippen LogP contribution in [0, 0.1) is 12.8 Å². The van der Waals surface area contributed by atoms with Gasteiger partial charge in [-0.1, -0.05) is 12.8 Å². The molecule has 0 spiro atoms. The number of aromatic nitrogens is 2. The minimum atomic E-state index is 0.568. The Bertz CT molecular complexity index is 536. The van der Waals surface area contributed by atoms with Gasteiger partial charge in [0.05, 0.1) is 0 Å². The molecule has 0 radical (unpaired) electrons. The van der Waals surface area contributed by atoms with Crippen LogP contribution in [0.15, 0.2) is 0 Å². The van der Waals surface area contributed by atoms with Crippen LogP contribution < -0.4 is 10.6 Å². The van der Waals surface area contributed by atoms with Crippen molar-refractivity contribution in [2.75, 3.05) is 17.2 Å². The van der Waals surface area contributed by atoms with Crippen molar-refractivity contribution in [3.05, 3.63) is 11.4 Å². The first-order valence-electron chi connectivity index (χ1n) is 8.64. The summed E-state index contributed by atoms with van der Waals surface area (Å²) in [4.78, 5) is 12.1. The Morgan fingerprint density at radius 3 is 2.57 bits per heavy atom. The fourth-order valence-corrected chi connectivity index (χ4v) is 4.23. The highest BCUT2D eigenvalue weighted by Crippen LogP contribution is 2.42. The molecule has 3 aliphatic rings. The first kappa shape index (κ1) is 13.4. The minimum absolute atomic E-state index is 0.568. The van der Waals surface area contributed by atoms with Gasteiger partial charge in [0.25, 0.3) is 0 Å². The molecule has 0 aromatic carbocycles. The van der Waals surface area contributed by atoms with E-state index >= 15 is 0 Å². The average molecular weight is 286 g/mol. The van der Waals surface area contributed by atoms with Crippen molar-refractivity contribution in [2.45, 2.75) is 70.3 Å². The molecule has 0 bridgehead atoms. The number of piperidine rings is 1. The maximum absolute atomic E-state index is 6.18. The second-order valence-corrected chi connectivity index (χ2v) is 7.14. The van der Waals surface area contributed by atoms with Crippen LogP contribution in [-0.2, 0) is 0 Å². The van der Waals surface area contributed by atoms with Crippen molar-refractivity contribution >= 4 is 11.6 Å². The highest BCUT2D eigenvalue weighted by atomic mass is 15.2. The van der Waals surface area contributed by atoms with Crippen LogP contribution in [0.2, 0.25) is 0 Å². The largest absolute Gasteiger partial charge is 0.383 e. The molecule has 2 heterocycles. The van der Waals surface area contributed by atoms with Crippen molar-refractivity contribution in [1.82, 2.24) is 9.97 Å². The third kappa shape index (κ3) is 2.39. The van der Waals surface area contributed by atoms with E-state index in [1.54, 1.807) is 0 Å². The van der Waals surface area contributed by atoms with Gasteiger partial charge in [0.15, 0.2) is 0 Å². The Morgan fingerprint density at radius 2 is 1.76 bits per heavy atom. The molecule has 2 unspecified atom stereocenters. The van der Waals surface area contributed by atoms with E-state index in [0.29, 0.717) is 17.8 Å². The van der Waals surface area contributed by atoms with Crippen molar-refractivity contribution < 1.29 is 0 Å². The van der Waals surface area contributed by atoms with Gasteiger partial charge in [-0.3, -0.25) is 0 Å². The number of nitrogen functional groups attached to an aromatic ring is 1. The number of hydrogen-bond donors (Lipinski definition) is 1. The maximum atomic E-state index is 6.18. The Balaban J connectivity index is 1.70. The Morgan fingerprint density at radius 1 is 1.00 bits per heavy atom. The molecule has 1 aromatic rings. The van der Waals surface area contributed by atoms with Gasteiger partial charge in [0, 0.05) is 24.1 Å². The third-order valence-corrected chi connectivity index (χ3v) is 5.63. The monoisotopic (exact) mass is 286 g/mol. The number of nitrogens with two attached hydrogens (primary N) is 1. The number of rotatable bonds is 2. The van der Waals surface area contributed by atoms with Gasteiger partial charge in [-0.05, 0) is 51.4 Å². The lowest BCUT2D eigenvalue weighted by Crippen LogP contribution is -2.47. The zero-order chi connectivity index (χ0) is 14.4. The van der Waals surface area contributed by atoms with Gasteiger partial charge in [0.2, 0.25) is 0 Å². The summed E-state index contributed by atoms with van der Waals surface area (Å²) in [6.07, 6.45) is 10.7. The third-order valence-electron chi connectivity index (χ3n) is 5.63.